The van der Waals surface area contributed by atoms with Crippen LogP contribution in [-0.4, -0.2) is 18.4 Å². The van der Waals surface area contributed by atoms with E-state index in [2.05, 4.69) is 0 Å². The molecule has 0 aliphatic rings. The highest BCUT2D eigenvalue weighted by Gasteiger charge is 2.37. The number of benzene rings is 2. The Hall–Kier alpha value is -3.24. The van der Waals surface area contributed by atoms with Crippen LogP contribution in [-0.2, 0) is 17.1 Å². The predicted octanol–water partition coefficient (Wildman–Crippen LogP) is 3.56. The van der Waals surface area contributed by atoms with E-state index in [0.29, 0.717) is 12.1 Å². The van der Waals surface area contributed by atoms with Crippen LogP contribution in [0.25, 0.3) is 0 Å². The van der Waals surface area contributed by atoms with Crippen molar-refractivity contribution in [2.45, 2.75) is 12.4 Å². The molecule has 28 heavy (non-hydrogen) atoms. The molecule has 0 heterocycles. The summed E-state index contributed by atoms with van der Waals surface area (Å²) in [7, 11) is 0. The van der Waals surface area contributed by atoms with E-state index in [0.717, 1.165) is 0 Å². The summed E-state index contributed by atoms with van der Waals surface area (Å²) in [6, 6.07) is 8.34. The van der Waals surface area contributed by atoms with Crippen LogP contribution in [0.4, 0.5) is 26.3 Å². The summed E-state index contributed by atoms with van der Waals surface area (Å²) in [5.74, 6) is -2.46. The summed E-state index contributed by atoms with van der Waals surface area (Å²) in [6.45, 7) is -0.923. The van der Waals surface area contributed by atoms with Crippen LogP contribution in [0.3, 0.4) is 0 Å². The molecule has 11 heteroatoms. The van der Waals surface area contributed by atoms with Crippen LogP contribution < -0.4 is 15.6 Å². The Balaban J connectivity index is 2.01. The van der Waals surface area contributed by atoms with Gasteiger partial charge in [-0.25, -0.2) is 0 Å². The molecule has 2 aromatic carbocycles. The van der Waals surface area contributed by atoms with Gasteiger partial charge in [-0.05, 0) is 30.3 Å². The van der Waals surface area contributed by atoms with Gasteiger partial charge in [-0.1, -0.05) is 18.2 Å². The molecule has 0 aromatic heterocycles. The number of ether oxygens (including phenoxy) is 1. The van der Waals surface area contributed by atoms with Crippen molar-refractivity contribution in [2.24, 2.45) is 0 Å². The van der Waals surface area contributed by atoms with Crippen molar-refractivity contribution in [3.05, 3.63) is 65.2 Å². The number of hydrogen-bond acceptors (Lipinski definition) is 3. The first-order valence-corrected chi connectivity index (χ1v) is 7.53. The summed E-state index contributed by atoms with van der Waals surface area (Å²) < 4.78 is 81.3. The maximum absolute atomic E-state index is 12.8. The summed E-state index contributed by atoms with van der Waals surface area (Å²) in [4.78, 5) is 23.3. The number of hydrogen-bond donors (Lipinski definition) is 2. The number of amides is 2. The van der Waals surface area contributed by atoms with Crippen molar-refractivity contribution in [2.75, 3.05) is 6.61 Å². The fourth-order valence-electron chi connectivity index (χ4n) is 1.98. The molecule has 150 valence electrons. The van der Waals surface area contributed by atoms with Crippen LogP contribution in [0.15, 0.2) is 48.5 Å². The monoisotopic (exact) mass is 406 g/mol. The summed E-state index contributed by atoms with van der Waals surface area (Å²) >= 11 is 0. The SMILES string of the molecule is O=C(COc1cc(C(F)(F)F)cc(C(F)(F)F)c1)NNC(=O)c1ccccc1. The van der Waals surface area contributed by atoms with E-state index in [1.54, 1.807) is 18.2 Å². The van der Waals surface area contributed by atoms with Gasteiger partial charge in [0.05, 0.1) is 11.1 Å². The van der Waals surface area contributed by atoms with Gasteiger partial charge in [0, 0.05) is 5.56 Å². The number of carbonyl (C=O) groups excluding carboxylic acids is 2. The molecule has 2 amide bonds. The Kier molecular flexibility index (Phi) is 6.16. The Bertz CT molecular complexity index is 818. The molecule has 0 bridgehead atoms. The van der Waals surface area contributed by atoms with E-state index in [-0.39, 0.29) is 11.6 Å². The van der Waals surface area contributed by atoms with Crippen LogP contribution >= 0.6 is 0 Å². The predicted molar refractivity (Wildman–Crippen MR) is 84.0 cm³/mol. The summed E-state index contributed by atoms with van der Waals surface area (Å²) in [5.41, 5.74) is 1.03. The second kappa shape index (κ2) is 8.19. The molecule has 2 N–H and O–H groups in total. The second-order valence-corrected chi connectivity index (χ2v) is 5.40. The first kappa shape index (κ1) is 21.1. The number of nitrogens with one attached hydrogen (secondary N) is 2. The zero-order valence-corrected chi connectivity index (χ0v) is 13.8. The second-order valence-electron chi connectivity index (χ2n) is 5.40. The number of halogens is 6. The molecule has 0 fully saturated rings. The molecule has 5 nitrogen and oxygen atoms in total. The third-order valence-electron chi connectivity index (χ3n) is 3.28. The Morgan fingerprint density at radius 3 is 1.86 bits per heavy atom. The van der Waals surface area contributed by atoms with Gasteiger partial charge in [-0.2, -0.15) is 26.3 Å². The van der Waals surface area contributed by atoms with Gasteiger partial charge in [0.2, 0.25) is 0 Å². The third kappa shape index (κ3) is 5.89. The maximum atomic E-state index is 12.8. The van der Waals surface area contributed by atoms with Crippen molar-refractivity contribution in [3.63, 3.8) is 0 Å². The summed E-state index contributed by atoms with van der Waals surface area (Å²) in [5, 5.41) is 0. The smallest absolute Gasteiger partial charge is 0.416 e. The quantitative estimate of drug-likeness (QED) is 0.603. The number of rotatable bonds is 4. The lowest BCUT2D eigenvalue weighted by atomic mass is 10.1. The zero-order valence-electron chi connectivity index (χ0n) is 13.8. The number of carbonyl (C=O) groups is 2. The van der Waals surface area contributed by atoms with E-state index in [1.165, 1.54) is 12.1 Å². The normalized spacial score (nSPS) is 11.6. The maximum Gasteiger partial charge on any atom is 0.416 e. The zero-order chi connectivity index (χ0) is 20.9. The highest BCUT2D eigenvalue weighted by molar-refractivity contribution is 5.95. The van der Waals surface area contributed by atoms with E-state index in [9.17, 15) is 35.9 Å². The first-order valence-electron chi connectivity index (χ1n) is 7.53. The lowest BCUT2D eigenvalue weighted by molar-refractivity contribution is -0.143. The molecule has 0 aliphatic carbocycles. The molecule has 0 unspecified atom stereocenters. The minimum atomic E-state index is -5.04. The highest BCUT2D eigenvalue weighted by Crippen LogP contribution is 2.38. The fourth-order valence-corrected chi connectivity index (χ4v) is 1.98. The number of hydrazine groups is 1. The molecular weight excluding hydrogens is 394 g/mol. The van der Waals surface area contributed by atoms with Gasteiger partial charge in [0.25, 0.3) is 11.8 Å². The van der Waals surface area contributed by atoms with Crippen LogP contribution in [0.2, 0.25) is 0 Å². The molecule has 2 aromatic rings. The molecule has 0 saturated heterocycles. The van der Waals surface area contributed by atoms with Gasteiger partial charge < -0.3 is 4.74 Å². The van der Waals surface area contributed by atoms with E-state index < -0.39 is 47.7 Å². The molecule has 0 radical (unpaired) electrons. The Morgan fingerprint density at radius 2 is 1.36 bits per heavy atom. The molecule has 2 rings (SSSR count). The van der Waals surface area contributed by atoms with Gasteiger partial charge in [-0.3, -0.25) is 20.4 Å². The van der Waals surface area contributed by atoms with Gasteiger partial charge in [0.15, 0.2) is 6.61 Å². The fraction of sp³-hybridized carbons (Fsp3) is 0.176. The van der Waals surface area contributed by atoms with Crippen LogP contribution in [0.1, 0.15) is 21.5 Å². The van der Waals surface area contributed by atoms with Crippen molar-refractivity contribution < 1.29 is 40.7 Å². The van der Waals surface area contributed by atoms with E-state index >= 15 is 0 Å². The molecule has 0 saturated carbocycles. The Labute approximate surface area is 154 Å². The molecule has 0 spiro atoms. The third-order valence-corrected chi connectivity index (χ3v) is 3.28. The molecule has 0 atom stereocenters. The minimum Gasteiger partial charge on any atom is -0.484 e. The van der Waals surface area contributed by atoms with Crippen LogP contribution in [0.5, 0.6) is 5.75 Å². The standard InChI is InChI=1S/C17H12F6N2O3/c18-16(19,20)11-6-12(17(21,22)23)8-13(7-11)28-9-14(26)24-25-15(27)10-4-2-1-3-5-10/h1-8H,9H2,(H,24,26)(H,25,27). The van der Waals surface area contributed by atoms with E-state index in [4.69, 9.17) is 4.74 Å². The van der Waals surface area contributed by atoms with Crippen LogP contribution in [0, 0.1) is 0 Å². The van der Waals surface area contributed by atoms with Gasteiger partial charge in [-0.15, -0.1) is 0 Å². The van der Waals surface area contributed by atoms with Gasteiger partial charge >= 0.3 is 12.4 Å². The topological polar surface area (TPSA) is 67.4 Å². The lowest BCUT2D eigenvalue weighted by Crippen LogP contribution is -2.43. The largest absolute Gasteiger partial charge is 0.484 e. The van der Waals surface area contributed by atoms with Crippen molar-refractivity contribution in [1.29, 1.82) is 0 Å². The summed E-state index contributed by atoms with van der Waals surface area (Å²) in [6.07, 6.45) is -10.1. The minimum absolute atomic E-state index is 0.0625. The van der Waals surface area contributed by atoms with Gasteiger partial charge in [0.1, 0.15) is 5.75 Å². The molecular formula is C17H12F6N2O3. The lowest BCUT2D eigenvalue weighted by Gasteiger charge is -2.15. The van der Waals surface area contributed by atoms with E-state index in [1.807, 2.05) is 10.9 Å². The average Bonchev–Trinajstić information content (AvgIpc) is 2.63. The molecule has 0 aliphatic heterocycles. The highest BCUT2D eigenvalue weighted by atomic mass is 19.4. The van der Waals surface area contributed by atoms with Crippen molar-refractivity contribution in [3.8, 4) is 5.75 Å². The number of alkyl halides is 6. The average molecular weight is 406 g/mol. The van der Waals surface area contributed by atoms with Crippen molar-refractivity contribution >= 4 is 11.8 Å². The Morgan fingerprint density at radius 1 is 0.821 bits per heavy atom. The van der Waals surface area contributed by atoms with Crippen molar-refractivity contribution in [1.82, 2.24) is 10.9 Å². The first-order chi connectivity index (χ1) is 13.0.